The van der Waals surface area contributed by atoms with Gasteiger partial charge in [-0.15, -0.1) is 0 Å². The number of hydrogen-bond donors (Lipinski definition) is 6. The second kappa shape index (κ2) is 11.1. The van der Waals surface area contributed by atoms with E-state index in [0.717, 1.165) is 5.56 Å². The average Bonchev–Trinajstić information content (AvgIpc) is 3.35. The molecule has 7 N–H and O–H groups in total. The zero-order chi connectivity index (χ0) is 28.2. The molecule has 2 amide bonds. The molecule has 0 aliphatic rings. The van der Waals surface area contributed by atoms with E-state index in [0.29, 0.717) is 33.4 Å². The number of carboxylic acid groups (broad SMARTS) is 1. The second-order valence-electron chi connectivity index (χ2n) is 9.11. The molecule has 0 saturated heterocycles. The number of aromatic amines is 1. The third kappa shape index (κ3) is 5.66. The number of nitrogens with zero attached hydrogens (tertiary/aromatic N) is 1. The fraction of sp³-hybridized carbons (Fsp3) is 0.0667. The maximum Gasteiger partial charge on any atom is 0.335 e. The molecule has 0 fully saturated rings. The highest BCUT2D eigenvalue weighted by molar-refractivity contribution is 5.98. The lowest BCUT2D eigenvalue weighted by molar-refractivity contribution is -0.125. The number of hydrogen-bond acceptors (Lipinski definition) is 6. The monoisotopic (exact) mass is 535 g/mol. The third-order valence-corrected chi connectivity index (χ3v) is 6.39. The first-order chi connectivity index (χ1) is 19.3. The van der Waals surface area contributed by atoms with Crippen LogP contribution in [0.25, 0.3) is 22.2 Å². The maximum absolute atomic E-state index is 13.2. The SMILES string of the molecule is Nc1nc2ccc(NC(=O)C(O)C(NC(=O)c3ccc(-c4cccc(C(=O)O)c4)cc3)c3ccccc3)cc2[nH]1. The van der Waals surface area contributed by atoms with Crippen LogP contribution in [0.5, 0.6) is 0 Å². The van der Waals surface area contributed by atoms with Crippen LogP contribution in [0.1, 0.15) is 32.3 Å². The Bertz CT molecular complexity index is 1700. The molecule has 10 nitrogen and oxygen atoms in total. The predicted molar refractivity (Wildman–Crippen MR) is 151 cm³/mol. The molecule has 2 atom stereocenters. The van der Waals surface area contributed by atoms with E-state index < -0.39 is 29.9 Å². The topological polar surface area (TPSA) is 170 Å². The largest absolute Gasteiger partial charge is 0.478 e. The van der Waals surface area contributed by atoms with Crippen LogP contribution in [0.15, 0.2) is 97.1 Å². The smallest absolute Gasteiger partial charge is 0.335 e. The summed E-state index contributed by atoms with van der Waals surface area (Å²) >= 11 is 0. The van der Waals surface area contributed by atoms with E-state index in [9.17, 15) is 24.6 Å². The summed E-state index contributed by atoms with van der Waals surface area (Å²) in [6.45, 7) is 0. The third-order valence-electron chi connectivity index (χ3n) is 6.39. The first kappa shape index (κ1) is 26.1. The Morgan fingerprint density at radius 1 is 0.825 bits per heavy atom. The Morgan fingerprint density at radius 2 is 1.57 bits per heavy atom. The van der Waals surface area contributed by atoms with E-state index >= 15 is 0 Å². The molecule has 0 aliphatic heterocycles. The summed E-state index contributed by atoms with van der Waals surface area (Å²) in [6.07, 6.45) is -1.62. The number of aliphatic hydroxyl groups is 1. The first-order valence-electron chi connectivity index (χ1n) is 12.3. The molecular weight excluding hydrogens is 510 g/mol. The normalized spacial score (nSPS) is 12.4. The van der Waals surface area contributed by atoms with Gasteiger partial charge < -0.3 is 31.6 Å². The highest BCUT2D eigenvalue weighted by Crippen LogP contribution is 2.24. The van der Waals surface area contributed by atoms with Crippen LogP contribution in [0.2, 0.25) is 0 Å². The number of nitrogens with one attached hydrogen (secondary N) is 3. The number of H-pyrrole nitrogens is 1. The number of nitrogens with two attached hydrogens (primary N) is 1. The van der Waals surface area contributed by atoms with Crippen molar-refractivity contribution >= 4 is 40.5 Å². The van der Waals surface area contributed by atoms with Gasteiger partial charge in [0.15, 0.2) is 12.1 Å². The summed E-state index contributed by atoms with van der Waals surface area (Å²) in [5.74, 6) is -2.00. The standard InChI is InChI=1S/C30H25N5O5/c31-30-33-23-14-13-22(16-24(23)34-30)32-28(38)26(36)25(18-5-2-1-3-6-18)35-27(37)19-11-9-17(10-12-19)20-7-4-8-21(15-20)29(39)40/h1-16,25-26,36H,(H,32,38)(H,35,37)(H,39,40)(H3,31,33,34). The van der Waals surface area contributed by atoms with Gasteiger partial charge >= 0.3 is 5.97 Å². The Hall–Kier alpha value is -5.48. The molecule has 1 aromatic heterocycles. The van der Waals surface area contributed by atoms with Crippen molar-refractivity contribution in [3.63, 3.8) is 0 Å². The molecular formula is C30H25N5O5. The zero-order valence-electron chi connectivity index (χ0n) is 21.0. The number of carboxylic acids is 1. The molecule has 5 rings (SSSR count). The second-order valence-corrected chi connectivity index (χ2v) is 9.11. The summed E-state index contributed by atoms with van der Waals surface area (Å²) in [5.41, 5.74) is 9.78. The number of nitrogen functional groups attached to an aromatic ring is 1. The van der Waals surface area contributed by atoms with E-state index in [4.69, 9.17) is 5.73 Å². The van der Waals surface area contributed by atoms with Crippen LogP contribution >= 0.6 is 0 Å². The molecule has 10 heteroatoms. The van der Waals surface area contributed by atoms with Gasteiger partial charge in [0, 0.05) is 11.3 Å². The van der Waals surface area contributed by atoms with Crippen LogP contribution in [0, 0.1) is 0 Å². The summed E-state index contributed by atoms with van der Waals surface area (Å²) in [7, 11) is 0. The van der Waals surface area contributed by atoms with Crippen LogP contribution in [0.3, 0.4) is 0 Å². The van der Waals surface area contributed by atoms with Gasteiger partial charge in [-0.3, -0.25) is 9.59 Å². The number of carbonyl (C=O) groups is 3. The lowest BCUT2D eigenvalue weighted by Gasteiger charge is -2.24. The van der Waals surface area contributed by atoms with Crippen molar-refractivity contribution in [2.75, 3.05) is 11.1 Å². The van der Waals surface area contributed by atoms with Crippen molar-refractivity contribution < 1.29 is 24.6 Å². The van der Waals surface area contributed by atoms with Gasteiger partial charge in [0.2, 0.25) is 0 Å². The van der Waals surface area contributed by atoms with E-state index in [1.165, 1.54) is 6.07 Å². The van der Waals surface area contributed by atoms with Gasteiger partial charge in [-0.1, -0.05) is 54.6 Å². The minimum absolute atomic E-state index is 0.158. The molecule has 2 unspecified atom stereocenters. The fourth-order valence-electron chi connectivity index (χ4n) is 4.35. The lowest BCUT2D eigenvalue weighted by atomic mass is 9.99. The number of imidazole rings is 1. The summed E-state index contributed by atoms with van der Waals surface area (Å²) in [6, 6.07) is 25.7. The molecule has 5 aromatic rings. The van der Waals surface area contributed by atoms with Gasteiger partial charge in [-0.05, 0) is 59.2 Å². The molecule has 40 heavy (non-hydrogen) atoms. The van der Waals surface area contributed by atoms with Gasteiger partial charge in [-0.25, -0.2) is 9.78 Å². The molecule has 0 spiro atoms. The first-order valence-corrected chi connectivity index (χ1v) is 12.3. The number of anilines is 2. The van der Waals surface area contributed by atoms with Crippen molar-refractivity contribution in [2.24, 2.45) is 0 Å². The average molecular weight is 536 g/mol. The number of aliphatic hydroxyl groups excluding tert-OH is 1. The number of carbonyl (C=O) groups excluding carboxylic acids is 2. The molecule has 0 aliphatic carbocycles. The number of aromatic nitrogens is 2. The van der Waals surface area contributed by atoms with Gasteiger partial charge in [-0.2, -0.15) is 0 Å². The zero-order valence-corrected chi connectivity index (χ0v) is 21.0. The number of amides is 2. The van der Waals surface area contributed by atoms with Crippen LogP contribution in [-0.4, -0.2) is 44.1 Å². The van der Waals surface area contributed by atoms with Crippen molar-refractivity contribution in [3.8, 4) is 11.1 Å². The molecule has 0 bridgehead atoms. The number of rotatable bonds is 8. The van der Waals surface area contributed by atoms with Crippen molar-refractivity contribution in [2.45, 2.75) is 12.1 Å². The van der Waals surface area contributed by atoms with Gasteiger partial charge in [0.05, 0.1) is 22.6 Å². The minimum Gasteiger partial charge on any atom is -0.478 e. The molecule has 200 valence electrons. The molecule has 0 radical (unpaired) electrons. The number of benzene rings is 4. The van der Waals surface area contributed by atoms with E-state index in [1.54, 1.807) is 91.0 Å². The fourth-order valence-corrected chi connectivity index (χ4v) is 4.35. The number of aromatic carboxylic acids is 1. The maximum atomic E-state index is 13.2. The quantitative estimate of drug-likeness (QED) is 0.174. The van der Waals surface area contributed by atoms with Crippen LogP contribution in [-0.2, 0) is 4.79 Å². The van der Waals surface area contributed by atoms with E-state index in [2.05, 4.69) is 20.6 Å². The summed E-state index contributed by atoms with van der Waals surface area (Å²) in [4.78, 5) is 44.6. The van der Waals surface area contributed by atoms with Crippen molar-refractivity contribution in [3.05, 3.63) is 114 Å². The summed E-state index contributed by atoms with van der Waals surface area (Å²) in [5, 5.41) is 25.8. The van der Waals surface area contributed by atoms with Crippen LogP contribution in [0.4, 0.5) is 11.6 Å². The van der Waals surface area contributed by atoms with E-state index in [-0.39, 0.29) is 11.5 Å². The predicted octanol–water partition coefficient (Wildman–Crippen LogP) is 3.98. The van der Waals surface area contributed by atoms with Crippen molar-refractivity contribution in [1.29, 1.82) is 0 Å². The summed E-state index contributed by atoms with van der Waals surface area (Å²) < 4.78 is 0. The van der Waals surface area contributed by atoms with Crippen LogP contribution < -0.4 is 16.4 Å². The Morgan fingerprint density at radius 3 is 2.30 bits per heavy atom. The number of fused-ring (bicyclic) bond motifs is 1. The van der Waals surface area contributed by atoms with Gasteiger partial charge in [0.25, 0.3) is 11.8 Å². The van der Waals surface area contributed by atoms with Crippen molar-refractivity contribution in [1.82, 2.24) is 15.3 Å². The molecule has 0 saturated carbocycles. The van der Waals surface area contributed by atoms with E-state index in [1.807, 2.05) is 0 Å². The minimum atomic E-state index is -1.62. The Balaban J connectivity index is 1.34. The lowest BCUT2D eigenvalue weighted by Crippen LogP contribution is -2.42. The molecule has 4 aromatic carbocycles. The highest BCUT2D eigenvalue weighted by atomic mass is 16.4. The Kier molecular flexibility index (Phi) is 7.25. The Labute approximate surface area is 228 Å². The highest BCUT2D eigenvalue weighted by Gasteiger charge is 2.29. The van der Waals surface area contributed by atoms with Gasteiger partial charge in [0.1, 0.15) is 0 Å². The molecule has 1 heterocycles.